The highest BCUT2D eigenvalue weighted by Gasteiger charge is 2.26. The molecule has 1 aliphatic carbocycles. The van der Waals surface area contributed by atoms with Crippen LogP contribution in [0, 0.1) is 0 Å². The number of carbonyl (C=O) groups excluding carboxylic acids is 2. The van der Waals surface area contributed by atoms with Crippen molar-refractivity contribution in [2.75, 3.05) is 12.4 Å². The summed E-state index contributed by atoms with van der Waals surface area (Å²) in [5.41, 5.74) is 1.78. The van der Waals surface area contributed by atoms with E-state index in [9.17, 15) is 9.59 Å². The van der Waals surface area contributed by atoms with Crippen LogP contribution < -0.4 is 5.32 Å². The van der Waals surface area contributed by atoms with Gasteiger partial charge in [-0.2, -0.15) is 0 Å². The quantitative estimate of drug-likeness (QED) is 0.831. The number of para-hydroxylation sites is 1. The second-order valence-corrected chi connectivity index (χ2v) is 4.12. The molecule has 0 aliphatic heterocycles. The van der Waals surface area contributed by atoms with Crippen molar-refractivity contribution in [3.8, 4) is 0 Å². The maximum absolute atomic E-state index is 12.1. The van der Waals surface area contributed by atoms with Crippen LogP contribution in [0.3, 0.4) is 0 Å². The lowest BCUT2D eigenvalue weighted by atomic mass is 10.1. The van der Waals surface area contributed by atoms with Crippen molar-refractivity contribution in [2.45, 2.75) is 19.3 Å². The lowest BCUT2D eigenvalue weighted by Gasteiger charge is -2.07. The number of carbonyl (C=O) groups is 2. The summed E-state index contributed by atoms with van der Waals surface area (Å²) in [5.74, 6) is -0.607. The van der Waals surface area contributed by atoms with Crippen LogP contribution in [-0.4, -0.2) is 19.0 Å². The van der Waals surface area contributed by atoms with Gasteiger partial charge in [-0.1, -0.05) is 18.2 Å². The molecule has 0 aromatic heterocycles. The number of hydrogen-bond acceptors (Lipinski definition) is 3. The van der Waals surface area contributed by atoms with Gasteiger partial charge in [0.15, 0.2) is 0 Å². The van der Waals surface area contributed by atoms with Gasteiger partial charge in [-0.3, -0.25) is 4.79 Å². The average Bonchev–Trinajstić information content (AvgIpc) is 2.88. The van der Waals surface area contributed by atoms with E-state index in [1.165, 1.54) is 7.11 Å². The summed E-state index contributed by atoms with van der Waals surface area (Å²) in [5, 5.41) is 2.79. The molecule has 1 amide bonds. The number of hydrogen-bond donors (Lipinski definition) is 1. The van der Waals surface area contributed by atoms with E-state index in [2.05, 4.69) is 10.1 Å². The smallest absolute Gasteiger partial charge is 0.334 e. The molecule has 1 aromatic rings. The van der Waals surface area contributed by atoms with Crippen LogP contribution in [-0.2, 0) is 14.3 Å². The van der Waals surface area contributed by atoms with Gasteiger partial charge < -0.3 is 10.1 Å². The monoisotopic (exact) mass is 245 g/mol. The molecule has 0 saturated carbocycles. The van der Waals surface area contributed by atoms with Gasteiger partial charge in [0.1, 0.15) is 0 Å². The summed E-state index contributed by atoms with van der Waals surface area (Å²) in [6.45, 7) is 0. The van der Waals surface area contributed by atoms with Crippen LogP contribution in [0.1, 0.15) is 19.3 Å². The molecule has 0 atom stereocenters. The average molecular weight is 245 g/mol. The van der Waals surface area contributed by atoms with Gasteiger partial charge in [0.25, 0.3) is 5.91 Å². The van der Waals surface area contributed by atoms with Gasteiger partial charge in [-0.25, -0.2) is 4.79 Å². The number of nitrogens with one attached hydrogen (secondary N) is 1. The lowest BCUT2D eigenvalue weighted by Crippen LogP contribution is -2.16. The second kappa shape index (κ2) is 5.49. The molecule has 0 heterocycles. The highest BCUT2D eigenvalue weighted by Crippen LogP contribution is 2.27. The fourth-order valence-corrected chi connectivity index (χ4v) is 2.07. The minimum Gasteiger partial charge on any atom is -0.466 e. The molecule has 1 aromatic carbocycles. The molecule has 0 saturated heterocycles. The zero-order valence-electron chi connectivity index (χ0n) is 10.2. The summed E-state index contributed by atoms with van der Waals surface area (Å²) in [4.78, 5) is 23.6. The van der Waals surface area contributed by atoms with E-state index in [1.54, 1.807) is 0 Å². The fourth-order valence-electron chi connectivity index (χ4n) is 2.07. The fraction of sp³-hybridized carbons (Fsp3) is 0.286. The molecule has 0 unspecified atom stereocenters. The number of methoxy groups -OCH3 is 1. The zero-order chi connectivity index (χ0) is 13.0. The third kappa shape index (κ3) is 2.59. The topological polar surface area (TPSA) is 55.4 Å². The van der Waals surface area contributed by atoms with E-state index in [0.717, 1.165) is 12.1 Å². The highest BCUT2D eigenvalue weighted by molar-refractivity contribution is 6.09. The molecule has 4 heteroatoms. The Kier molecular flexibility index (Phi) is 3.77. The van der Waals surface area contributed by atoms with E-state index < -0.39 is 5.97 Å². The number of ether oxygens (including phenoxy) is 1. The number of anilines is 1. The van der Waals surface area contributed by atoms with E-state index in [1.807, 2.05) is 30.3 Å². The van der Waals surface area contributed by atoms with Crippen molar-refractivity contribution in [3.05, 3.63) is 41.5 Å². The summed E-state index contributed by atoms with van der Waals surface area (Å²) >= 11 is 0. The number of esters is 1. The van der Waals surface area contributed by atoms with Gasteiger partial charge in [0.2, 0.25) is 0 Å². The van der Waals surface area contributed by atoms with E-state index in [0.29, 0.717) is 24.0 Å². The predicted molar refractivity (Wildman–Crippen MR) is 68.0 cm³/mol. The van der Waals surface area contributed by atoms with Gasteiger partial charge in [0.05, 0.1) is 7.11 Å². The molecule has 2 rings (SSSR count). The lowest BCUT2D eigenvalue weighted by molar-refractivity contribution is -0.136. The first-order chi connectivity index (χ1) is 8.72. The molecule has 18 heavy (non-hydrogen) atoms. The Labute approximate surface area is 106 Å². The minimum atomic E-state index is -0.397. The number of benzene rings is 1. The second-order valence-electron chi connectivity index (χ2n) is 4.12. The van der Waals surface area contributed by atoms with Crippen molar-refractivity contribution >= 4 is 17.6 Å². The highest BCUT2D eigenvalue weighted by atomic mass is 16.5. The zero-order valence-corrected chi connectivity index (χ0v) is 10.2. The Morgan fingerprint density at radius 3 is 2.44 bits per heavy atom. The molecule has 1 N–H and O–H groups in total. The molecule has 1 aliphatic rings. The van der Waals surface area contributed by atoms with Gasteiger partial charge in [-0.05, 0) is 31.4 Å². The van der Waals surface area contributed by atoms with Gasteiger partial charge in [0, 0.05) is 16.8 Å². The minimum absolute atomic E-state index is 0.209. The molecule has 0 bridgehead atoms. The van der Waals surface area contributed by atoms with E-state index in [-0.39, 0.29) is 5.91 Å². The van der Waals surface area contributed by atoms with E-state index in [4.69, 9.17) is 0 Å². The third-order valence-corrected chi connectivity index (χ3v) is 2.96. The molecule has 0 fully saturated rings. The molecule has 4 nitrogen and oxygen atoms in total. The summed E-state index contributed by atoms with van der Waals surface area (Å²) in [7, 11) is 1.33. The number of rotatable bonds is 3. The maximum Gasteiger partial charge on any atom is 0.334 e. The molecular formula is C14H15NO3. The van der Waals surface area contributed by atoms with Gasteiger partial charge >= 0.3 is 5.97 Å². The number of amides is 1. The predicted octanol–water partition coefficient (Wildman–Crippen LogP) is 2.28. The molecule has 94 valence electrons. The SMILES string of the molecule is COC(=O)C1=C(C(=O)Nc2ccccc2)CCC1. The van der Waals surface area contributed by atoms with Crippen LogP contribution in [0.15, 0.2) is 41.5 Å². The van der Waals surface area contributed by atoms with Crippen LogP contribution in [0.25, 0.3) is 0 Å². The van der Waals surface area contributed by atoms with E-state index >= 15 is 0 Å². The molecule has 0 radical (unpaired) electrons. The first kappa shape index (κ1) is 12.4. The third-order valence-electron chi connectivity index (χ3n) is 2.96. The summed E-state index contributed by atoms with van der Waals surface area (Å²) in [6.07, 6.45) is 2.06. The van der Waals surface area contributed by atoms with Crippen molar-refractivity contribution in [3.63, 3.8) is 0 Å². The molecular weight excluding hydrogens is 230 g/mol. The van der Waals surface area contributed by atoms with Crippen LogP contribution in [0.2, 0.25) is 0 Å². The maximum atomic E-state index is 12.1. The Morgan fingerprint density at radius 2 is 1.78 bits per heavy atom. The van der Waals surface area contributed by atoms with Crippen molar-refractivity contribution in [1.82, 2.24) is 0 Å². The summed E-state index contributed by atoms with van der Waals surface area (Å²) < 4.78 is 4.69. The normalized spacial score (nSPS) is 14.5. The Balaban J connectivity index is 2.16. The van der Waals surface area contributed by atoms with Crippen molar-refractivity contribution in [2.24, 2.45) is 0 Å². The first-order valence-electron chi connectivity index (χ1n) is 5.89. The Bertz CT molecular complexity index is 491. The van der Waals surface area contributed by atoms with Crippen LogP contribution in [0.5, 0.6) is 0 Å². The van der Waals surface area contributed by atoms with Crippen LogP contribution >= 0.6 is 0 Å². The van der Waals surface area contributed by atoms with Gasteiger partial charge in [-0.15, -0.1) is 0 Å². The van der Waals surface area contributed by atoms with Crippen LogP contribution in [0.4, 0.5) is 5.69 Å². The summed E-state index contributed by atoms with van der Waals surface area (Å²) in [6, 6.07) is 9.19. The molecule has 0 spiro atoms. The largest absolute Gasteiger partial charge is 0.466 e. The Hall–Kier alpha value is -2.10. The standard InChI is InChI=1S/C14H15NO3/c1-18-14(17)12-9-5-8-11(12)13(16)15-10-6-3-2-4-7-10/h2-4,6-7H,5,8-9H2,1H3,(H,15,16). The Morgan fingerprint density at radius 1 is 1.11 bits per heavy atom. The van der Waals surface area contributed by atoms with Crippen molar-refractivity contribution < 1.29 is 14.3 Å². The first-order valence-corrected chi connectivity index (χ1v) is 5.89. The van der Waals surface area contributed by atoms with Crippen molar-refractivity contribution in [1.29, 1.82) is 0 Å².